The Morgan fingerprint density at radius 2 is 1.83 bits per heavy atom. The van der Waals surface area contributed by atoms with Gasteiger partial charge in [-0.25, -0.2) is 18.4 Å². The van der Waals surface area contributed by atoms with Gasteiger partial charge < -0.3 is 10.6 Å². The molecule has 2 aromatic rings. The number of sulfonamides is 1. The Kier molecular flexibility index (Phi) is 5.59. The Morgan fingerprint density at radius 3 is 2.43 bits per heavy atom. The highest BCUT2D eigenvalue weighted by Gasteiger charge is 2.07. The van der Waals surface area contributed by atoms with E-state index in [1.165, 1.54) is 24.3 Å². The van der Waals surface area contributed by atoms with E-state index in [4.69, 9.17) is 16.7 Å². The standard InChI is InChI=1S/C15H16ClN3O3S/c16-12-3-1-2-11(10-12)8-9-18-15(20)19-13-4-6-14(7-5-13)23(17,21)22/h1-7,10H,8-9H2,(H2,17,21,22)(H2,18,19,20). The van der Waals surface area contributed by atoms with Gasteiger partial charge in [0.15, 0.2) is 0 Å². The zero-order chi connectivity index (χ0) is 16.9. The molecule has 0 aliphatic carbocycles. The number of nitrogens with two attached hydrogens (primary N) is 1. The van der Waals surface area contributed by atoms with Gasteiger partial charge in [-0.15, -0.1) is 0 Å². The predicted octanol–water partition coefficient (Wildman–Crippen LogP) is 2.35. The largest absolute Gasteiger partial charge is 0.338 e. The minimum Gasteiger partial charge on any atom is -0.338 e. The molecule has 0 atom stereocenters. The van der Waals surface area contributed by atoms with Crippen molar-refractivity contribution in [2.24, 2.45) is 5.14 Å². The van der Waals surface area contributed by atoms with Crippen LogP contribution < -0.4 is 15.8 Å². The number of carbonyl (C=O) groups excluding carboxylic acids is 1. The van der Waals surface area contributed by atoms with Gasteiger partial charge in [0.25, 0.3) is 0 Å². The van der Waals surface area contributed by atoms with Crippen LogP contribution in [0.3, 0.4) is 0 Å². The van der Waals surface area contributed by atoms with E-state index in [0.717, 1.165) is 5.56 Å². The number of urea groups is 1. The van der Waals surface area contributed by atoms with Crippen LogP contribution in [0.2, 0.25) is 5.02 Å². The van der Waals surface area contributed by atoms with E-state index in [2.05, 4.69) is 10.6 Å². The normalized spacial score (nSPS) is 11.0. The molecule has 0 radical (unpaired) electrons. The van der Waals surface area contributed by atoms with Crippen LogP contribution in [0.4, 0.5) is 10.5 Å². The molecule has 0 aromatic heterocycles. The lowest BCUT2D eigenvalue weighted by atomic mass is 10.1. The van der Waals surface area contributed by atoms with Gasteiger partial charge >= 0.3 is 6.03 Å². The van der Waals surface area contributed by atoms with Crippen molar-refractivity contribution in [1.29, 1.82) is 0 Å². The van der Waals surface area contributed by atoms with Crippen LogP contribution >= 0.6 is 11.6 Å². The van der Waals surface area contributed by atoms with Crippen LogP contribution in [0, 0.1) is 0 Å². The SMILES string of the molecule is NS(=O)(=O)c1ccc(NC(=O)NCCc2cccc(Cl)c2)cc1. The summed E-state index contributed by atoms with van der Waals surface area (Å²) >= 11 is 5.89. The summed E-state index contributed by atoms with van der Waals surface area (Å²) in [6.45, 7) is 0.446. The second-order valence-electron chi connectivity index (χ2n) is 4.83. The van der Waals surface area contributed by atoms with E-state index in [-0.39, 0.29) is 10.9 Å². The fourth-order valence-corrected chi connectivity index (χ4v) is 2.64. The summed E-state index contributed by atoms with van der Waals surface area (Å²) in [5.74, 6) is 0. The van der Waals surface area contributed by atoms with Crippen molar-refractivity contribution < 1.29 is 13.2 Å². The molecule has 0 bridgehead atoms. The monoisotopic (exact) mass is 353 g/mol. The maximum atomic E-state index is 11.8. The Hall–Kier alpha value is -2.09. The maximum absolute atomic E-state index is 11.8. The van der Waals surface area contributed by atoms with Gasteiger partial charge in [-0.3, -0.25) is 0 Å². The molecule has 2 amide bonds. The smallest absolute Gasteiger partial charge is 0.319 e. The van der Waals surface area contributed by atoms with Crippen molar-refractivity contribution >= 4 is 33.3 Å². The zero-order valence-corrected chi connectivity index (χ0v) is 13.7. The molecule has 2 aromatic carbocycles. The lowest BCUT2D eigenvalue weighted by molar-refractivity contribution is 0.252. The summed E-state index contributed by atoms with van der Waals surface area (Å²) < 4.78 is 22.3. The fourth-order valence-electron chi connectivity index (χ4n) is 1.92. The van der Waals surface area contributed by atoms with Crippen molar-refractivity contribution in [3.63, 3.8) is 0 Å². The first-order valence-electron chi connectivity index (χ1n) is 6.77. The van der Waals surface area contributed by atoms with Crippen molar-refractivity contribution in [3.8, 4) is 0 Å². The van der Waals surface area contributed by atoms with Crippen LogP contribution in [0.5, 0.6) is 0 Å². The molecule has 0 saturated carbocycles. The first-order chi connectivity index (χ1) is 10.8. The van der Waals surface area contributed by atoms with Gasteiger partial charge in [-0.2, -0.15) is 0 Å². The number of benzene rings is 2. The maximum Gasteiger partial charge on any atom is 0.319 e. The number of hydrogen-bond acceptors (Lipinski definition) is 3. The number of rotatable bonds is 5. The Morgan fingerprint density at radius 1 is 1.13 bits per heavy atom. The molecule has 0 spiro atoms. The topological polar surface area (TPSA) is 101 Å². The predicted molar refractivity (Wildman–Crippen MR) is 90.0 cm³/mol. The van der Waals surface area contributed by atoms with Crippen molar-refractivity contribution in [3.05, 3.63) is 59.1 Å². The third kappa shape index (κ3) is 5.55. The molecule has 23 heavy (non-hydrogen) atoms. The van der Waals surface area contributed by atoms with Gasteiger partial charge in [-0.05, 0) is 48.4 Å². The molecular weight excluding hydrogens is 338 g/mol. The quantitative estimate of drug-likeness (QED) is 0.768. The Bertz CT molecular complexity index is 792. The molecule has 122 valence electrons. The van der Waals surface area contributed by atoms with Crippen molar-refractivity contribution in [1.82, 2.24) is 5.32 Å². The molecule has 0 aliphatic heterocycles. The van der Waals surface area contributed by atoms with Gasteiger partial charge in [0.2, 0.25) is 10.0 Å². The van der Waals surface area contributed by atoms with E-state index in [0.29, 0.717) is 23.7 Å². The summed E-state index contributed by atoms with van der Waals surface area (Å²) in [6, 6.07) is 12.6. The summed E-state index contributed by atoms with van der Waals surface area (Å²) in [6.07, 6.45) is 0.651. The van der Waals surface area contributed by atoms with Gasteiger partial charge in [-0.1, -0.05) is 23.7 Å². The number of anilines is 1. The number of nitrogens with one attached hydrogen (secondary N) is 2. The molecule has 0 unspecified atom stereocenters. The van der Waals surface area contributed by atoms with Crippen molar-refractivity contribution in [2.45, 2.75) is 11.3 Å². The molecule has 4 N–H and O–H groups in total. The minimum atomic E-state index is -3.74. The lowest BCUT2D eigenvalue weighted by Gasteiger charge is -2.08. The minimum absolute atomic E-state index is 0.00980. The number of amides is 2. The van der Waals surface area contributed by atoms with Crippen LogP contribution in [0.25, 0.3) is 0 Å². The molecule has 0 fully saturated rings. The summed E-state index contributed by atoms with van der Waals surface area (Å²) in [5, 5.41) is 11.0. The van der Waals surface area contributed by atoms with Gasteiger partial charge in [0.1, 0.15) is 0 Å². The third-order valence-electron chi connectivity index (χ3n) is 3.03. The third-order valence-corrected chi connectivity index (χ3v) is 4.19. The fraction of sp³-hybridized carbons (Fsp3) is 0.133. The van der Waals surface area contributed by atoms with Crippen molar-refractivity contribution in [2.75, 3.05) is 11.9 Å². The highest BCUT2D eigenvalue weighted by atomic mass is 35.5. The first kappa shape index (κ1) is 17.3. The molecule has 0 heterocycles. The molecular formula is C15H16ClN3O3S. The Balaban J connectivity index is 1.83. The number of hydrogen-bond donors (Lipinski definition) is 3. The summed E-state index contributed by atoms with van der Waals surface area (Å²) in [4.78, 5) is 11.8. The average molecular weight is 354 g/mol. The molecule has 0 saturated heterocycles. The zero-order valence-electron chi connectivity index (χ0n) is 12.1. The lowest BCUT2D eigenvalue weighted by Crippen LogP contribution is -2.30. The number of halogens is 1. The molecule has 8 heteroatoms. The van der Waals surface area contributed by atoms with Crippen LogP contribution in [-0.4, -0.2) is 21.0 Å². The second kappa shape index (κ2) is 7.45. The first-order valence-corrected chi connectivity index (χ1v) is 8.69. The highest BCUT2D eigenvalue weighted by molar-refractivity contribution is 7.89. The summed E-state index contributed by atoms with van der Waals surface area (Å²) in [7, 11) is -3.74. The van der Waals surface area contributed by atoms with E-state index in [1.54, 1.807) is 6.07 Å². The van der Waals surface area contributed by atoms with Crippen LogP contribution in [0.15, 0.2) is 53.4 Å². The summed E-state index contributed by atoms with van der Waals surface area (Å²) in [5.41, 5.74) is 1.49. The highest BCUT2D eigenvalue weighted by Crippen LogP contribution is 2.13. The van der Waals surface area contributed by atoms with E-state index in [9.17, 15) is 13.2 Å². The number of primary sulfonamides is 1. The number of carbonyl (C=O) groups is 1. The van der Waals surface area contributed by atoms with E-state index in [1.807, 2.05) is 18.2 Å². The average Bonchev–Trinajstić information content (AvgIpc) is 2.47. The van der Waals surface area contributed by atoms with Gasteiger partial charge in [0.05, 0.1) is 4.90 Å². The molecule has 6 nitrogen and oxygen atoms in total. The van der Waals surface area contributed by atoms with E-state index < -0.39 is 10.0 Å². The Labute approximate surface area is 139 Å². The molecule has 0 aliphatic rings. The van der Waals surface area contributed by atoms with Gasteiger partial charge in [0, 0.05) is 17.3 Å². The molecule has 2 rings (SSSR count). The van der Waals surface area contributed by atoms with E-state index >= 15 is 0 Å². The second-order valence-corrected chi connectivity index (χ2v) is 6.83. The van der Waals surface area contributed by atoms with Crippen LogP contribution in [-0.2, 0) is 16.4 Å². The van der Waals surface area contributed by atoms with Crippen LogP contribution in [0.1, 0.15) is 5.56 Å².